The van der Waals surface area contributed by atoms with E-state index in [1.807, 2.05) is 6.07 Å². The van der Waals surface area contributed by atoms with E-state index in [4.69, 9.17) is 4.74 Å². The molecule has 4 nitrogen and oxygen atoms in total. The fraction of sp³-hybridized carbons (Fsp3) is 0.571. The van der Waals surface area contributed by atoms with Crippen LogP contribution in [0.2, 0.25) is 0 Å². The van der Waals surface area contributed by atoms with Gasteiger partial charge in [-0.15, -0.1) is 0 Å². The molecule has 19 heavy (non-hydrogen) atoms. The minimum atomic E-state index is -1.51. The molecular weight excluding hydrogens is 241 g/mol. The largest absolute Gasteiger partial charge is 0.497 e. The van der Waals surface area contributed by atoms with Crippen molar-refractivity contribution in [3.63, 3.8) is 0 Å². The van der Waals surface area contributed by atoms with Crippen molar-refractivity contribution in [3.8, 4) is 5.75 Å². The molecule has 0 bridgehead atoms. The zero-order valence-electron chi connectivity index (χ0n) is 12.3. The fourth-order valence-electron chi connectivity index (χ4n) is 2.41. The number of methoxy groups -OCH3 is 1. The van der Waals surface area contributed by atoms with Gasteiger partial charge >= 0.3 is 7.12 Å². The summed E-state index contributed by atoms with van der Waals surface area (Å²) in [4.78, 5) is 2.29. The topological polar surface area (TPSA) is 52.9 Å². The first-order chi connectivity index (χ1) is 9.03. The molecule has 0 amide bonds. The molecule has 0 saturated carbocycles. The number of hydrogen-bond acceptors (Lipinski definition) is 4. The minimum Gasteiger partial charge on any atom is -0.497 e. The zero-order chi connectivity index (χ0) is 14.4. The first-order valence-corrected chi connectivity index (χ1v) is 6.76. The Bertz CT molecular complexity index is 394. The van der Waals surface area contributed by atoms with Crippen molar-refractivity contribution in [1.82, 2.24) is 4.90 Å². The molecular formula is C14H24BNO3. The summed E-state index contributed by atoms with van der Waals surface area (Å²) in [6.45, 7) is 5.15. The molecule has 1 rings (SSSR count). The summed E-state index contributed by atoms with van der Waals surface area (Å²) < 4.78 is 5.12. The van der Waals surface area contributed by atoms with Gasteiger partial charge in [0.25, 0.3) is 0 Å². The van der Waals surface area contributed by atoms with Gasteiger partial charge in [-0.25, -0.2) is 0 Å². The lowest BCUT2D eigenvalue weighted by Gasteiger charge is -2.26. The Morgan fingerprint density at radius 2 is 1.89 bits per heavy atom. The Labute approximate surface area is 116 Å². The van der Waals surface area contributed by atoms with Crippen LogP contribution in [0.25, 0.3) is 0 Å². The molecule has 1 aromatic rings. The third kappa shape index (κ3) is 4.23. The maximum absolute atomic E-state index is 9.36. The van der Waals surface area contributed by atoms with E-state index in [1.54, 1.807) is 12.1 Å². The van der Waals surface area contributed by atoms with Crippen LogP contribution in [0.4, 0.5) is 0 Å². The summed E-state index contributed by atoms with van der Waals surface area (Å²) >= 11 is 0. The monoisotopic (exact) mass is 265 g/mol. The Morgan fingerprint density at radius 1 is 1.26 bits per heavy atom. The normalized spacial score (nSPS) is 11.2. The predicted octanol–water partition coefficient (Wildman–Crippen LogP) is 0.995. The Balaban J connectivity index is 2.87. The van der Waals surface area contributed by atoms with Crippen molar-refractivity contribution in [3.05, 3.63) is 23.8 Å². The molecule has 2 N–H and O–H groups in total. The quantitative estimate of drug-likeness (QED) is 0.722. The SMILES string of the molecule is CCC(CC)N(C)Cc1ccc(OC)c(B(O)O)c1. The summed E-state index contributed by atoms with van der Waals surface area (Å²) in [5.74, 6) is 0.504. The molecule has 0 unspecified atom stereocenters. The van der Waals surface area contributed by atoms with Crippen LogP contribution in [0.3, 0.4) is 0 Å². The Kier molecular flexibility index (Phi) is 6.35. The van der Waals surface area contributed by atoms with Crippen molar-refractivity contribution >= 4 is 12.6 Å². The van der Waals surface area contributed by atoms with Gasteiger partial charge in [-0.05, 0) is 31.5 Å². The number of hydrogen-bond donors (Lipinski definition) is 2. The van der Waals surface area contributed by atoms with Crippen molar-refractivity contribution in [2.75, 3.05) is 14.2 Å². The summed E-state index contributed by atoms with van der Waals surface area (Å²) in [6, 6.07) is 6.08. The molecule has 0 aromatic heterocycles. The molecule has 0 aliphatic heterocycles. The highest BCUT2D eigenvalue weighted by Crippen LogP contribution is 2.14. The number of ether oxygens (including phenoxy) is 1. The molecule has 0 aliphatic carbocycles. The third-order valence-electron chi connectivity index (χ3n) is 3.57. The Morgan fingerprint density at radius 3 is 2.37 bits per heavy atom. The van der Waals surface area contributed by atoms with Gasteiger partial charge in [0.15, 0.2) is 0 Å². The molecule has 0 fully saturated rings. The smallest absolute Gasteiger partial charge is 0.492 e. The lowest BCUT2D eigenvalue weighted by Crippen LogP contribution is -2.33. The Hall–Kier alpha value is -1.04. The van der Waals surface area contributed by atoms with Crippen LogP contribution in [-0.4, -0.2) is 42.3 Å². The van der Waals surface area contributed by atoms with E-state index in [2.05, 4.69) is 25.8 Å². The molecule has 0 radical (unpaired) electrons. The van der Waals surface area contributed by atoms with Gasteiger partial charge in [0.2, 0.25) is 0 Å². The zero-order valence-corrected chi connectivity index (χ0v) is 12.3. The molecule has 5 heteroatoms. The van der Waals surface area contributed by atoms with Crippen LogP contribution in [0.1, 0.15) is 32.3 Å². The van der Waals surface area contributed by atoms with Gasteiger partial charge in [-0.2, -0.15) is 0 Å². The van der Waals surface area contributed by atoms with Crippen LogP contribution >= 0.6 is 0 Å². The van der Waals surface area contributed by atoms with Gasteiger partial charge in [0.05, 0.1) is 7.11 Å². The lowest BCUT2D eigenvalue weighted by atomic mass is 9.78. The van der Waals surface area contributed by atoms with Crippen LogP contribution in [0.5, 0.6) is 5.75 Å². The molecule has 0 atom stereocenters. The van der Waals surface area contributed by atoms with Crippen molar-refractivity contribution in [2.24, 2.45) is 0 Å². The van der Waals surface area contributed by atoms with Gasteiger partial charge in [-0.3, -0.25) is 4.90 Å². The van der Waals surface area contributed by atoms with Crippen molar-refractivity contribution in [2.45, 2.75) is 39.3 Å². The van der Waals surface area contributed by atoms with Crippen molar-refractivity contribution in [1.29, 1.82) is 0 Å². The van der Waals surface area contributed by atoms with Crippen molar-refractivity contribution < 1.29 is 14.8 Å². The second-order valence-corrected chi connectivity index (χ2v) is 4.84. The minimum absolute atomic E-state index is 0.415. The van der Waals surface area contributed by atoms with E-state index >= 15 is 0 Å². The first kappa shape index (κ1) is 16.0. The lowest BCUT2D eigenvalue weighted by molar-refractivity contribution is 0.221. The summed E-state index contributed by atoms with van der Waals surface area (Å²) in [7, 11) is 2.11. The second kappa shape index (κ2) is 7.53. The standard InChI is InChI=1S/C14H24BNO3/c1-5-12(6-2)16(3)10-11-7-8-14(19-4)13(9-11)15(17)18/h7-9,12,17-18H,5-6,10H2,1-4H3. The highest BCUT2D eigenvalue weighted by Gasteiger charge is 2.18. The van der Waals surface area contributed by atoms with Gasteiger partial charge in [0.1, 0.15) is 5.75 Å². The molecule has 1 aromatic carbocycles. The molecule has 106 valence electrons. The molecule has 0 saturated heterocycles. The van der Waals surface area contributed by atoms with E-state index < -0.39 is 7.12 Å². The summed E-state index contributed by atoms with van der Waals surface area (Å²) in [5.41, 5.74) is 1.47. The molecule has 0 spiro atoms. The number of nitrogens with zero attached hydrogens (tertiary/aromatic N) is 1. The molecule has 0 heterocycles. The van der Waals surface area contributed by atoms with Gasteiger partial charge in [0, 0.05) is 18.0 Å². The summed E-state index contributed by atoms with van der Waals surface area (Å²) in [5, 5.41) is 18.7. The second-order valence-electron chi connectivity index (χ2n) is 4.84. The fourth-order valence-corrected chi connectivity index (χ4v) is 2.41. The maximum atomic E-state index is 9.36. The van der Waals surface area contributed by atoms with E-state index in [1.165, 1.54) is 7.11 Å². The number of benzene rings is 1. The maximum Gasteiger partial charge on any atom is 0.492 e. The average Bonchev–Trinajstić information content (AvgIpc) is 2.40. The van der Waals surface area contributed by atoms with E-state index in [9.17, 15) is 10.0 Å². The highest BCUT2D eigenvalue weighted by atomic mass is 16.5. The van der Waals surface area contributed by atoms with E-state index in [0.717, 1.165) is 24.9 Å². The van der Waals surface area contributed by atoms with Crippen LogP contribution in [0.15, 0.2) is 18.2 Å². The molecule has 0 aliphatic rings. The van der Waals surface area contributed by atoms with E-state index in [-0.39, 0.29) is 0 Å². The third-order valence-corrected chi connectivity index (χ3v) is 3.57. The van der Waals surface area contributed by atoms with Crippen LogP contribution in [-0.2, 0) is 6.54 Å². The summed E-state index contributed by atoms with van der Waals surface area (Å²) in [6.07, 6.45) is 2.22. The highest BCUT2D eigenvalue weighted by molar-refractivity contribution is 6.59. The van der Waals surface area contributed by atoms with Crippen LogP contribution in [0, 0.1) is 0 Å². The van der Waals surface area contributed by atoms with Crippen LogP contribution < -0.4 is 10.2 Å². The van der Waals surface area contributed by atoms with E-state index in [0.29, 0.717) is 17.3 Å². The van der Waals surface area contributed by atoms with Gasteiger partial charge < -0.3 is 14.8 Å². The average molecular weight is 265 g/mol. The first-order valence-electron chi connectivity index (χ1n) is 6.76. The number of rotatable bonds is 7. The van der Waals surface area contributed by atoms with Gasteiger partial charge in [-0.1, -0.05) is 26.0 Å². The predicted molar refractivity (Wildman–Crippen MR) is 78.7 cm³/mol.